The molecule has 0 atom stereocenters. The van der Waals surface area contributed by atoms with Gasteiger partial charge < -0.3 is 18.0 Å². The van der Waals surface area contributed by atoms with Gasteiger partial charge in [0.1, 0.15) is 22.3 Å². The van der Waals surface area contributed by atoms with Crippen LogP contribution >= 0.6 is 0 Å². The van der Waals surface area contributed by atoms with E-state index >= 15 is 0 Å². The molecule has 6 heterocycles. The first-order valence-electron chi connectivity index (χ1n) is 37.5. The first-order chi connectivity index (χ1) is 55.5. The van der Waals surface area contributed by atoms with Crippen molar-refractivity contribution in [1.82, 2.24) is 39.0 Å². The molecule has 524 valence electrons. The number of furan rings is 2. The van der Waals surface area contributed by atoms with Crippen molar-refractivity contribution >= 4 is 87.5 Å². The average Bonchev–Trinajstić information content (AvgIpc) is 1.59. The molecule has 0 radical (unpaired) electrons. The number of hydrogen-bond acceptors (Lipinski definition) is 8. The molecular weight excluding hydrogens is 1370 g/mol. The van der Waals surface area contributed by atoms with Crippen LogP contribution in [0.3, 0.4) is 0 Å². The number of fused-ring (bicyclic) bond motifs is 12. The van der Waals surface area contributed by atoms with Gasteiger partial charge in [0.2, 0.25) is 0 Å². The van der Waals surface area contributed by atoms with E-state index in [-0.39, 0.29) is 0 Å². The number of para-hydroxylation sites is 4. The largest absolute Gasteiger partial charge is 0.456 e. The lowest BCUT2D eigenvalue weighted by atomic mass is 10.0. The zero-order chi connectivity index (χ0) is 74.0. The average molecular weight is 1430 g/mol. The summed E-state index contributed by atoms with van der Waals surface area (Å²) in [6.45, 7) is 0. The second-order valence-electron chi connectivity index (χ2n) is 28.1. The van der Waals surface area contributed by atoms with Crippen molar-refractivity contribution in [3.05, 3.63) is 388 Å². The second kappa shape index (κ2) is 27.5. The van der Waals surface area contributed by atoms with Crippen LogP contribution in [0.4, 0.5) is 0 Å². The Morgan fingerprint density at radius 2 is 0.438 bits per heavy atom. The van der Waals surface area contributed by atoms with Crippen molar-refractivity contribution in [2.75, 3.05) is 0 Å². The van der Waals surface area contributed by atoms with Crippen LogP contribution in [0, 0.1) is 0 Å². The maximum atomic E-state index is 6.25. The van der Waals surface area contributed by atoms with Crippen molar-refractivity contribution < 1.29 is 8.83 Å². The Kier molecular flexibility index (Phi) is 16.0. The lowest BCUT2D eigenvalue weighted by Crippen LogP contribution is -2.00. The highest BCUT2D eigenvalue weighted by Gasteiger charge is 2.21. The number of rotatable bonds is 12. The summed E-state index contributed by atoms with van der Waals surface area (Å²) in [6, 6.07) is 135. The fraction of sp³-hybridized carbons (Fsp3) is 0. The maximum Gasteiger partial charge on any atom is 0.164 e. The van der Waals surface area contributed by atoms with E-state index in [2.05, 4.69) is 288 Å². The van der Waals surface area contributed by atoms with Gasteiger partial charge in [0.25, 0.3) is 0 Å². The van der Waals surface area contributed by atoms with Crippen molar-refractivity contribution in [3.8, 4) is 124 Å². The van der Waals surface area contributed by atoms with E-state index in [4.69, 9.17) is 38.7 Å². The smallest absolute Gasteiger partial charge is 0.164 e. The molecule has 22 rings (SSSR count). The second-order valence-corrected chi connectivity index (χ2v) is 28.1. The normalized spacial score (nSPS) is 11.6. The van der Waals surface area contributed by atoms with Gasteiger partial charge in [-0.1, -0.05) is 285 Å². The SMILES string of the molecule is c1ccc(-c2ccc3c(c2)c2ccccc2n3-c2cccc(-c3cccc(-c4nc(-c5ccccc5)nc(-c5ccc6c(c5)oc5ccccc56)n4)c3)c2)cc1.c1ccc(-c2ccc3c4ccccc4n(-c4cccc(-c5cccc(-c6nc(-c7ccccc7)nc(-c7ccc8c(c7)oc7ccccc78)n6)c5)c4)c3c2)cc1. The Morgan fingerprint density at radius 1 is 0.152 bits per heavy atom. The third-order valence-electron chi connectivity index (χ3n) is 21.3. The summed E-state index contributed by atoms with van der Waals surface area (Å²) in [5.41, 5.74) is 24.7. The number of aromatic nitrogens is 8. The summed E-state index contributed by atoms with van der Waals surface area (Å²) < 4.78 is 17.2. The monoisotopic (exact) mass is 1430 g/mol. The maximum absolute atomic E-state index is 6.25. The fourth-order valence-corrected chi connectivity index (χ4v) is 15.9. The molecule has 0 spiro atoms. The van der Waals surface area contributed by atoms with Crippen molar-refractivity contribution in [3.63, 3.8) is 0 Å². The Hall–Kier alpha value is -15.3. The third-order valence-corrected chi connectivity index (χ3v) is 21.3. The van der Waals surface area contributed by atoms with Gasteiger partial charge in [-0.3, -0.25) is 0 Å². The van der Waals surface area contributed by atoms with E-state index < -0.39 is 0 Å². The molecule has 16 aromatic carbocycles. The number of hydrogen-bond donors (Lipinski definition) is 0. The van der Waals surface area contributed by atoms with E-state index in [1.165, 1.54) is 65.9 Å². The molecule has 0 saturated carbocycles. The van der Waals surface area contributed by atoms with Gasteiger partial charge in [-0.15, -0.1) is 0 Å². The molecular formula is C102H64N8O2. The van der Waals surface area contributed by atoms with Crippen molar-refractivity contribution in [2.45, 2.75) is 0 Å². The van der Waals surface area contributed by atoms with Crippen LogP contribution in [-0.4, -0.2) is 39.0 Å². The van der Waals surface area contributed by atoms with E-state index in [1.54, 1.807) is 0 Å². The topological polar surface area (TPSA) is 113 Å². The minimum absolute atomic E-state index is 0.588. The molecule has 0 unspecified atom stereocenters. The molecule has 0 aliphatic rings. The lowest BCUT2D eigenvalue weighted by Gasteiger charge is -2.12. The molecule has 0 aliphatic carbocycles. The molecule has 10 heteroatoms. The first-order valence-corrected chi connectivity index (χ1v) is 37.5. The Bertz CT molecular complexity index is 7380. The summed E-state index contributed by atoms with van der Waals surface area (Å²) >= 11 is 0. The highest BCUT2D eigenvalue weighted by atomic mass is 16.3. The van der Waals surface area contributed by atoms with E-state index in [0.29, 0.717) is 34.9 Å². The van der Waals surface area contributed by atoms with Gasteiger partial charge in [0.15, 0.2) is 34.9 Å². The molecule has 0 fully saturated rings. The van der Waals surface area contributed by atoms with Crippen LogP contribution in [0.25, 0.3) is 212 Å². The summed E-state index contributed by atoms with van der Waals surface area (Å²) in [6.07, 6.45) is 0. The molecule has 0 N–H and O–H groups in total. The molecule has 0 aliphatic heterocycles. The van der Waals surface area contributed by atoms with E-state index in [0.717, 1.165) is 111 Å². The zero-order valence-electron chi connectivity index (χ0n) is 60.3. The third kappa shape index (κ3) is 11.9. The Morgan fingerprint density at radius 3 is 0.911 bits per heavy atom. The van der Waals surface area contributed by atoms with Crippen molar-refractivity contribution in [2.24, 2.45) is 0 Å². The zero-order valence-corrected chi connectivity index (χ0v) is 60.3. The highest BCUT2D eigenvalue weighted by Crippen LogP contribution is 2.41. The van der Waals surface area contributed by atoms with Crippen LogP contribution in [0.5, 0.6) is 0 Å². The Labute approximate surface area is 643 Å². The number of benzene rings is 16. The van der Waals surface area contributed by atoms with Crippen LogP contribution in [-0.2, 0) is 0 Å². The van der Waals surface area contributed by atoms with Crippen LogP contribution in [0.15, 0.2) is 397 Å². The lowest BCUT2D eigenvalue weighted by molar-refractivity contribution is 0.668. The van der Waals surface area contributed by atoms with Gasteiger partial charge in [0, 0.05) is 87.8 Å². The number of nitrogens with zero attached hydrogens (tertiary/aromatic N) is 8. The van der Waals surface area contributed by atoms with Gasteiger partial charge in [-0.25, -0.2) is 29.9 Å². The predicted molar refractivity (Wildman–Crippen MR) is 457 cm³/mol. The van der Waals surface area contributed by atoms with E-state index in [1.807, 2.05) is 109 Å². The minimum atomic E-state index is 0.588. The van der Waals surface area contributed by atoms with Crippen LogP contribution in [0.2, 0.25) is 0 Å². The fourth-order valence-electron chi connectivity index (χ4n) is 15.9. The standard InChI is InChI=1S/2C51H32N4O/c1-3-13-33(14-4-1)37-26-28-46-44(31-37)41-21-7-9-23-45(41)55(46)40-20-12-18-36(30-40)35-17-11-19-38(29-35)50-52-49(34-15-5-2-6-16-34)53-51(54-50)39-25-27-43-42-22-8-10-24-47(42)56-48(43)32-39;1-3-13-33(14-4-1)37-25-27-42-41-21-7-9-23-45(41)55(46(42)31-37)40-20-12-18-36(30-40)35-17-11-19-38(29-35)50-52-49(34-15-5-2-6-16-34)53-51(54-50)39-26-28-44-43-22-8-10-24-47(43)56-48(44)32-39/h2*1-32H. The molecule has 112 heavy (non-hydrogen) atoms. The summed E-state index contributed by atoms with van der Waals surface area (Å²) in [5, 5.41) is 9.23. The van der Waals surface area contributed by atoms with Crippen LogP contribution in [0.1, 0.15) is 0 Å². The highest BCUT2D eigenvalue weighted by molar-refractivity contribution is 6.12. The van der Waals surface area contributed by atoms with Gasteiger partial charge in [-0.05, 0) is 148 Å². The molecule has 22 aromatic rings. The first kappa shape index (κ1) is 65.1. The summed E-state index contributed by atoms with van der Waals surface area (Å²) in [4.78, 5) is 30.2. The van der Waals surface area contributed by atoms with Crippen molar-refractivity contribution in [1.29, 1.82) is 0 Å². The molecule has 10 nitrogen and oxygen atoms in total. The summed E-state index contributed by atoms with van der Waals surface area (Å²) in [7, 11) is 0. The molecule has 0 amide bonds. The van der Waals surface area contributed by atoms with Gasteiger partial charge in [0.05, 0.1) is 22.1 Å². The van der Waals surface area contributed by atoms with Crippen LogP contribution < -0.4 is 0 Å². The molecule has 0 bridgehead atoms. The predicted octanol–water partition coefficient (Wildman–Crippen LogP) is 26.4. The minimum Gasteiger partial charge on any atom is -0.456 e. The van der Waals surface area contributed by atoms with Gasteiger partial charge >= 0.3 is 0 Å². The Balaban J connectivity index is 0.000000141. The molecule has 0 saturated heterocycles. The molecule has 6 aromatic heterocycles. The van der Waals surface area contributed by atoms with Gasteiger partial charge in [-0.2, -0.15) is 0 Å². The van der Waals surface area contributed by atoms with E-state index in [9.17, 15) is 0 Å². The summed E-state index contributed by atoms with van der Waals surface area (Å²) in [5.74, 6) is 3.62. The quantitative estimate of drug-likeness (QED) is 0.119.